The van der Waals surface area contributed by atoms with Crippen molar-refractivity contribution in [3.05, 3.63) is 0 Å². The summed E-state index contributed by atoms with van der Waals surface area (Å²) in [6, 6.07) is 0. The summed E-state index contributed by atoms with van der Waals surface area (Å²) >= 11 is 0. The molecule has 0 unspecified atom stereocenters. The topological polar surface area (TPSA) is 57.5 Å². The Labute approximate surface area is 43.0 Å². The fraction of sp³-hybridized carbons (Fsp3) is 0. The van der Waals surface area contributed by atoms with Crippen LogP contribution >= 0.6 is 8.25 Å². The van der Waals surface area contributed by atoms with Gasteiger partial charge in [0.15, 0.2) is 0 Å². The van der Waals surface area contributed by atoms with Crippen LogP contribution in [0.2, 0.25) is 0 Å². The van der Waals surface area contributed by atoms with E-state index >= 15 is 0 Å². The van der Waals surface area contributed by atoms with Crippen LogP contribution in [0.25, 0.3) is 0 Å². The first-order chi connectivity index (χ1) is 1.73. The zero-order valence-electron chi connectivity index (χ0n) is 1.80. The van der Waals surface area contributed by atoms with Crippen LogP contribution in [0.4, 0.5) is 0 Å². The molecule has 0 atom stereocenters. The van der Waals surface area contributed by atoms with E-state index in [-0.39, 0.29) is 19.8 Å². The first-order valence-electron chi connectivity index (χ1n) is 0.651. The Hall–Kier alpha value is 0.786. The van der Waals surface area contributed by atoms with Gasteiger partial charge in [-0.2, -0.15) is 0 Å². The van der Waals surface area contributed by atoms with Crippen LogP contribution in [0.1, 0.15) is 0 Å². The molecule has 0 aliphatic rings. The second-order valence-electron chi connectivity index (χ2n) is 0.283. The third-order valence-electron chi connectivity index (χ3n) is 0. The molecule has 32 valence electrons. The average Bonchev–Trinajstić information content (AvgIpc) is 0.811. The SMILES string of the molecule is O=[PH](O)O.[GaH3]. The maximum atomic E-state index is 8.74. The minimum atomic E-state index is -3.13. The van der Waals surface area contributed by atoms with Gasteiger partial charge in [-0.1, -0.05) is 0 Å². The molecule has 5 heavy (non-hydrogen) atoms. The van der Waals surface area contributed by atoms with Gasteiger partial charge in [0.1, 0.15) is 0 Å². The van der Waals surface area contributed by atoms with Crippen molar-refractivity contribution in [1.29, 1.82) is 0 Å². The van der Waals surface area contributed by atoms with E-state index in [1.165, 1.54) is 0 Å². The summed E-state index contributed by atoms with van der Waals surface area (Å²) in [7, 11) is -3.13. The zero-order valence-corrected chi connectivity index (χ0v) is 2.80. The van der Waals surface area contributed by atoms with Crippen LogP contribution in [-0.2, 0) is 4.57 Å². The van der Waals surface area contributed by atoms with Gasteiger partial charge in [-0.3, -0.25) is 4.57 Å². The van der Waals surface area contributed by atoms with Gasteiger partial charge in [0.25, 0.3) is 0 Å². The van der Waals surface area contributed by atoms with Crippen molar-refractivity contribution in [1.82, 2.24) is 0 Å². The fourth-order valence-corrected chi connectivity index (χ4v) is 0. The molecule has 0 amide bonds. The third-order valence-corrected chi connectivity index (χ3v) is 0. The molecule has 0 aromatic carbocycles. The Bertz CT molecular complexity index is 29.9. The van der Waals surface area contributed by atoms with Crippen molar-refractivity contribution in [3.63, 3.8) is 0 Å². The average molecular weight is 155 g/mol. The number of hydrogen-bond donors (Lipinski definition) is 2. The molecule has 0 spiro atoms. The van der Waals surface area contributed by atoms with E-state index in [9.17, 15) is 0 Å². The van der Waals surface area contributed by atoms with Crippen molar-refractivity contribution in [3.8, 4) is 0 Å². The van der Waals surface area contributed by atoms with E-state index in [4.69, 9.17) is 14.4 Å². The molecule has 0 aromatic rings. The van der Waals surface area contributed by atoms with Crippen molar-refractivity contribution in [2.75, 3.05) is 0 Å². The van der Waals surface area contributed by atoms with Crippen LogP contribution in [0.15, 0.2) is 0 Å². The molecule has 0 saturated carbocycles. The fourth-order valence-electron chi connectivity index (χ4n) is 0. The normalized spacial score (nSPS) is 7.00. The predicted molar refractivity (Wildman–Crippen MR) is 23.4 cm³/mol. The minimum absolute atomic E-state index is 0. The Balaban J connectivity index is 0. The van der Waals surface area contributed by atoms with E-state index in [0.29, 0.717) is 0 Å². The first-order valence-corrected chi connectivity index (χ1v) is 1.95. The van der Waals surface area contributed by atoms with Crippen molar-refractivity contribution >= 4 is 28.0 Å². The summed E-state index contributed by atoms with van der Waals surface area (Å²) in [4.78, 5) is 14.3. The number of rotatable bonds is 0. The summed E-state index contributed by atoms with van der Waals surface area (Å²) in [5.74, 6) is 0. The number of hydrogen-bond acceptors (Lipinski definition) is 1. The van der Waals surface area contributed by atoms with E-state index in [1.54, 1.807) is 0 Å². The second kappa shape index (κ2) is 4.79. The van der Waals surface area contributed by atoms with E-state index in [0.717, 1.165) is 0 Å². The monoisotopic (exact) mass is 154 g/mol. The molecule has 5 heteroatoms. The second-order valence-corrected chi connectivity index (χ2v) is 0.848. The predicted octanol–water partition coefficient (Wildman–Crippen LogP) is -1.82. The molecule has 2 N–H and O–H groups in total. The van der Waals surface area contributed by atoms with Crippen molar-refractivity contribution < 1.29 is 14.4 Å². The quantitative estimate of drug-likeness (QED) is 0.319. The molecule has 0 saturated heterocycles. The standard InChI is InChI=1S/Ga.H3O3P.3H/c;1-4(2)3;;;/h;4H,(H2,1,2,3);;;. The summed E-state index contributed by atoms with van der Waals surface area (Å²) in [5.41, 5.74) is 0. The molecule has 0 fully saturated rings. The van der Waals surface area contributed by atoms with Gasteiger partial charge in [0, 0.05) is 0 Å². The zero-order chi connectivity index (χ0) is 3.58. The third kappa shape index (κ3) is 60.1. The van der Waals surface area contributed by atoms with Gasteiger partial charge < -0.3 is 9.79 Å². The summed E-state index contributed by atoms with van der Waals surface area (Å²) in [6.45, 7) is 0. The van der Waals surface area contributed by atoms with Crippen molar-refractivity contribution in [2.45, 2.75) is 0 Å². The summed E-state index contributed by atoms with van der Waals surface area (Å²) in [5, 5.41) is 0. The molecule has 0 heterocycles. The Morgan fingerprint density at radius 1 is 1.40 bits per heavy atom. The molecule has 3 nitrogen and oxygen atoms in total. The van der Waals surface area contributed by atoms with Crippen LogP contribution in [0.5, 0.6) is 0 Å². The van der Waals surface area contributed by atoms with Gasteiger partial charge in [-0.25, -0.2) is 0 Å². The van der Waals surface area contributed by atoms with Crippen LogP contribution in [0.3, 0.4) is 0 Å². The van der Waals surface area contributed by atoms with E-state index < -0.39 is 8.25 Å². The van der Waals surface area contributed by atoms with Gasteiger partial charge in [-0.05, 0) is 0 Å². The van der Waals surface area contributed by atoms with Gasteiger partial charge in [0.05, 0.1) is 0 Å². The summed E-state index contributed by atoms with van der Waals surface area (Å²) < 4.78 is 8.74. The Morgan fingerprint density at radius 3 is 1.40 bits per heavy atom. The molecule has 0 aromatic heterocycles. The van der Waals surface area contributed by atoms with E-state index in [1.807, 2.05) is 0 Å². The van der Waals surface area contributed by atoms with Gasteiger partial charge >= 0.3 is 28.0 Å². The molecule has 0 aliphatic carbocycles. The van der Waals surface area contributed by atoms with E-state index in [2.05, 4.69) is 0 Å². The molecule has 0 radical (unpaired) electrons. The van der Waals surface area contributed by atoms with Crippen LogP contribution in [0, 0.1) is 0 Å². The molecular weight excluding hydrogens is 149 g/mol. The Kier molecular flexibility index (Phi) is 8.85. The maximum absolute atomic E-state index is 8.74. The summed E-state index contributed by atoms with van der Waals surface area (Å²) in [6.07, 6.45) is 0. The van der Waals surface area contributed by atoms with Crippen LogP contribution in [-0.4, -0.2) is 29.6 Å². The van der Waals surface area contributed by atoms with Gasteiger partial charge in [-0.15, -0.1) is 0 Å². The first kappa shape index (κ1) is 9.25. The molecule has 0 bridgehead atoms. The van der Waals surface area contributed by atoms with Gasteiger partial charge in [0.2, 0.25) is 0 Å². The Morgan fingerprint density at radius 2 is 1.40 bits per heavy atom. The molecule has 0 aliphatic heterocycles. The van der Waals surface area contributed by atoms with Crippen molar-refractivity contribution in [2.24, 2.45) is 0 Å². The molecular formula is H6GaO3P. The molecule has 0 rings (SSSR count). The van der Waals surface area contributed by atoms with Crippen LogP contribution < -0.4 is 0 Å².